The Morgan fingerprint density at radius 1 is 1.42 bits per heavy atom. The Hall–Kier alpha value is -1.01. The first-order valence-corrected chi connectivity index (χ1v) is 6.50. The Bertz CT molecular complexity index is 520. The average molecular weight is 304 g/mol. The van der Waals surface area contributed by atoms with Crippen molar-refractivity contribution >= 4 is 34.8 Å². The molecule has 104 valence electrons. The molecule has 0 saturated carbocycles. The number of rotatable bonds is 3. The van der Waals surface area contributed by atoms with Gasteiger partial charge in [-0.15, -0.1) is 0 Å². The van der Waals surface area contributed by atoms with E-state index >= 15 is 0 Å². The molecule has 0 aliphatic carbocycles. The van der Waals surface area contributed by atoms with Gasteiger partial charge < -0.3 is 5.43 Å². The summed E-state index contributed by atoms with van der Waals surface area (Å²) in [5.41, 5.74) is 3.18. The third kappa shape index (κ3) is 2.79. The Kier molecular flexibility index (Phi) is 3.92. The van der Waals surface area contributed by atoms with Gasteiger partial charge in [0.1, 0.15) is 0 Å². The van der Waals surface area contributed by atoms with Gasteiger partial charge in [-0.25, -0.2) is 5.06 Å². The number of anilines is 1. The van der Waals surface area contributed by atoms with Gasteiger partial charge in [-0.1, -0.05) is 23.2 Å². The zero-order valence-corrected chi connectivity index (χ0v) is 12.2. The second-order valence-corrected chi connectivity index (χ2v) is 5.88. The molecule has 0 bridgehead atoms. The van der Waals surface area contributed by atoms with Crippen molar-refractivity contribution in [3.8, 4) is 0 Å². The van der Waals surface area contributed by atoms with E-state index in [-0.39, 0.29) is 12.5 Å². The molecule has 0 aromatic heterocycles. The Morgan fingerprint density at radius 2 is 2.11 bits per heavy atom. The summed E-state index contributed by atoms with van der Waals surface area (Å²) >= 11 is 12.2. The van der Waals surface area contributed by atoms with Crippen LogP contribution in [0.4, 0.5) is 5.69 Å². The SMILES string of the molecule is CC1(C)CON(Cc2cc(Cl)c(NN)cc2Cl)C1=O. The van der Waals surface area contributed by atoms with Crippen LogP contribution in [0.15, 0.2) is 12.1 Å². The van der Waals surface area contributed by atoms with Crippen molar-refractivity contribution in [1.82, 2.24) is 5.06 Å². The fraction of sp³-hybridized carbons (Fsp3) is 0.417. The van der Waals surface area contributed by atoms with Gasteiger partial charge in [-0.2, -0.15) is 0 Å². The molecule has 3 N–H and O–H groups in total. The van der Waals surface area contributed by atoms with Crippen LogP contribution in [-0.2, 0) is 16.2 Å². The smallest absolute Gasteiger partial charge is 0.254 e. The highest BCUT2D eigenvalue weighted by atomic mass is 35.5. The zero-order valence-electron chi connectivity index (χ0n) is 10.7. The molecule has 0 atom stereocenters. The van der Waals surface area contributed by atoms with Crippen LogP contribution in [0.1, 0.15) is 19.4 Å². The van der Waals surface area contributed by atoms with Gasteiger partial charge in [0.15, 0.2) is 0 Å². The molecule has 1 aromatic carbocycles. The highest BCUT2D eigenvalue weighted by Crippen LogP contribution is 2.32. The quantitative estimate of drug-likeness (QED) is 0.665. The first-order chi connectivity index (χ1) is 8.85. The first kappa shape index (κ1) is 14.4. The number of hydroxylamine groups is 2. The van der Waals surface area contributed by atoms with Gasteiger partial charge in [-0.05, 0) is 31.5 Å². The van der Waals surface area contributed by atoms with Crippen LogP contribution in [0.5, 0.6) is 0 Å². The molecule has 1 aliphatic rings. The van der Waals surface area contributed by atoms with Crippen LogP contribution in [0.25, 0.3) is 0 Å². The minimum atomic E-state index is -0.505. The van der Waals surface area contributed by atoms with E-state index in [0.29, 0.717) is 27.9 Å². The molecule has 2 rings (SSSR count). The molecule has 1 aliphatic heterocycles. The molecule has 1 saturated heterocycles. The molecule has 1 aromatic rings. The van der Waals surface area contributed by atoms with Gasteiger partial charge in [0.2, 0.25) is 0 Å². The highest BCUT2D eigenvalue weighted by Gasteiger charge is 2.40. The van der Waals surface area contributed by atoms with Gasteiger partial charge in [0.05, 0.1) is 29.3 Å². The number of hydrazine groups is 1. The number of hydrogen-bond acceptors (Lipinski definition) is 4. The van der Waals surface area contributed by atoms with Crippen molar-refractivity contribution in [1.29, 1.82) is 0 Å². The fourth-order valence-corrected chi connectivity index (χ4v) is 2.25. The summed E-state index contributed by atoms with van der Waals surface area (Å²) < 4.78 is 0. The van der Waals surface area contributed by atoms with E-state index in [1.807, 2.05) is 13.8 Å². The molecule has 19 heavy (non-hydrogen) atoms. The maximum atomic E-state index is 12.0. The Morgan fingerprint density at radius 3 is 2.63 bits per heavy atom. The van der Waals surface area contributed by atoms with E-state index in [1.165, 1.54) is 5.06 Å². The van der Waals surface area contributed by atoms with E-state index in [4.69, 9.17) is 33.9 Å². The third-order valence-electron chi connectivity index (χ3n) is 2.99. The zero-order chi connectivity index (χ0) is 14.2. The summed E-state index contributed by atoms with van der Waals surface area (Å²) in [5, 5.41) is 2.22. The van der Waals surface area contributed by atoms with Crippen molar-refractivity contribution in [2.24, 2.45) is 11.3 Å². The number of hydrogen-bond donors (Lipinski definition) is 2. The fourth-order valence-electron chi connectivity index (χ4n) is 1.79. The van der Waals surface area contributed by atoms with E-state index in [2.05, 4.69) is 5.43 Å². The monoisotopic (exact) mass is 303 g/mol. The predicted octanol–water partition coefficient (Wildman–Crippen LogP) is 2.58. The lowest BCUT2D eigenvalue weighted by atomic mass is 9.95. The number of nitrogens with one attached hydrogen (secondary N) is 1. The number of carbonyl (C=O) groups is 1. The maximum Gasteiger partial charge on any atom is 0.254 e. The van der Waals surface area contributed by atoms with Gasteiger partial charge in [0.25, 0.3) is 5.91 Å². The maximum absolute atomic E-state index is 12.0. The average Bonchev–Trinajstić information content (AvgIpc) is 2.60. The third-order valence-corrected chi connectivity index (χ3v) is 3.66. The normalized spacial score (nSPS) is 17.9. The van der Waals surface area contributed by atoms with Crippen LogP contribution < -0.4 is 11.3 Å². The second kappa shape index (κ2) is 5.17. The molecule has 1 amide bonds. The van der Waals surface area contributed by atoms with Crippen molar-refractivity contribution in [2.45, 2.75) is 20.4 Å². The molecule has 0 radical (unpaired) electrons. The number of halogens is 2. The lowest BCUT2D eigenvalue weighted by Gasteiger charge is -2.18. The molecule has 5 nitrogen and oxygen atoms in total. The van der Waals surface area contributed by atoms with Crippen molar-refractivity contribution in [2.75, 3.05) is 12.0 Å². The number of nitrogens with zero attached hydrogens (tertiary/aromatic N) is 1. The summed E-state index contributed by atoms with van der Waals surface area (Å²) in [5.74, 6) is 5.24. The summed E-state index contributed by atoms with van der Waals surface area (Å²) in [6.07, 6.45) is 0. The van der Waals surface area contributed by atoms with E-state index < -0.39 is 5.41 Å². The molecule has 1 fully saturated rings. The topological polar surface area (TPSA) is 67.6 Å². The van der Waals surface area contributed by atoms with Crippen molar-refractivity contribution < 1.29 is 9.63 Å². The molecular formula is C12H15Cl2N3O2. The number of amides is 1. The summed E-state index contributed by atoms with van der Waals surface area (Å²) in [6, 6.07) is 3.28. The van der Waals surface area contributed by atoms with Crippen LogP contribution in [0, 0.1) is 5.41 Å². The van der Waals surface area contributed by atoms with Crippen LogP contribution in [-0.4, -0.2) is 17.6 Å². The molecule has 0 unspecified atom stereocenters. The Balaban J connectivity index is 2.21. The second-order valence-electron chi connectivity index (χ2n) is 5.07. The van der Waals surface area contributed by atoms with E-state index in [1.54, 1.807) is 12.1 Å². The molecule has 1 heterocycles. The van der Waals surface area contributed by atoms with Crippen molar-refractivity contribution in [3.05, 3.63) is 27.7 Å². The lowest BCUT2D eigenvalue weighted by molar-refractivity contribution is -0.165. The molecule has 7 heteroatoms. The summed E-state index contributed by atoms with van der Waals surface area (Å²) in [7, 11) is 0. The van der Waals surface area contributed by atoms with Crippen LogP contribution >= 0.6 is 23.2 Å². The van der Waals surface area contributed by atoms with Crippen LogP contribution in [0.2, 0.25) is 10.0 Å². The van der Waals surface area contributed by atoms with Crippen molar-refractivity contribution in [3.63, 3.8) is 0 Å². The van der Waals surface area contributed by atoms with E-state index in [0.717, 1.165) is 0 Å². The highest BCUT2D eigenvalue weighted by molar-refractivity contribution is 6.35. The minimum Gasteiger partial charge on any atom is -0.323 e. The van der Waals surface area contributed by atoms with Crippen LogP contribution in [0.3, 0.4) is 0 Å². The minimum absolute atomic E-state index is 0.0688. The molecular weight excluding hydrogens is 289 g/mol. The van der Waals surface area contributed by atoms with Gasteiger partial charge >= 0.3 is 0 Å². The van der Waals surface area contributed by atoms with Gasteiger partial charge in [0, 0.05) is 5.02 Å². The van der Waals surface area contributed by atoms with E-state index in [9.17, 15) is 4.79 Å². The summed E-state index contributed by atoms with van der Waals surface area (Å²) in [6.45, 7) is 4.29. The number of carbonyl (C=O) groups excluding carboxylic acids is 1. The first-order valence-electron chi connectivity index (χ1n) is 5.74. The standard InChI is InChI=1S/C12H15Cl2N3O2/c1-12(2)6-19-17(11(12)18)5-7-3-9(14)10(16-15)4-8(7)13/h3-4,16H,5-6,15H2,1-2H3. The number of nitrogens with two attached hydrogens (primary N) is 1. The molecule has 0 spiro atoms. The summed E-state index contributed by atoms with van der Waals surface area (Å²) in [4.78, 5) is 17.4. The number of benzene rings is 1. The Labute approximate surface area is 121 Å². The lowest BCUT2D eigenvalue weighted by Crippen LogP contribution is -2.30. The number of nitrogen functional groups attached to an aromatic ring is 1. The largest absolute Gasteiger partial charge is 0.323 e. The predicted molar refractivity (Wildman–Crippen MR) is 74.6 cm³/mol. The van der Waals surface area contributed by atoms with Gasteiger partial charge in [-0.3, -0.25) is 15.5 Å².